The van der Waals surface area contributed by atoms with Crippen molar-refractivity contribution in [3.8, 4) is 0 Å². The largest absolute Gasteiger partial charge is 0.388 e. The van der Waals surface area contributed by atoms with Gasteiger partial charge in [-0.25, -0.2) is 0 Å². The van der Waals surface area contributed by atoms with Crippen molar-refractivity contribution in [2.24, 2.45) is 5.92 Å². The molecular formula is C23H29Cl2NO. The summed E-state index contributed by atoms with van der Waals surface area (Å²) in [5.74, 6) is 1.16. The number of halogens is 2. The van der Waals surface area contributed by atoms with Crippen LogP contribution in [0.4, 0.5) is 0 Å². The Morgan fingerprint density at radius 2 is 1.59 bits per heavy atom. The Kier molecular flexibility index (Phi) is 7.22. The van der Waals surface area contributed by atoms with E-state index < -0.39 is 0 Å². The van der Waals surface area contributed by atoms with Crippen molar-refractivity contribution in [1.82, 2.24) is 4.90 Å². The van der Waals surface area contributed by atoms with E-state index in [1.165, 1.54) is 30.4 Å². The molecule has 0 saturated carbocycles. The maximum Gasteiger partial charge on any atom is 0.0795 e. The van der Waals surface area contributed by atoms with Crippen molar-refractivity contribution in [3.05, 3.63) is 70.2 Å². The Morgan fingerprint density at radius 3 is 2.33 bits per heavy atom. The minimum Gasteiger partial charge on any atom is -0.388 e. The van der Waals surface area contributed by atoms with Crippen LogP contribution in [0.25, 0.3) is 0 Å². The van der Waals surface area contributed by atoms with Gasteiger partial charge in [-0.15, -0.1) is 12.4 Å². The minimum absolute atomic E-state index is 0. The topological polar surface area (TPSA) is 23.5 Å². The highest BCUT2D eigenvalue weighted by atomic mass is 35.5. The lowest BCUT2D eigenvalue weighted by molar-refractivity contribution is 0.117. The molecule has 0 spiro atoms. The van der Waals surface area contributed by atoms with Crippen molar-refractivity contribution in [2.75, 3.05) is 19.6 Å². The average molecular weight is 406 g/mol. The molecule has 0 aromatic heterocycles. The van der Waals surface area contributed by atoms with Crippen LogP contribution in [0.2, 0.25) is 5.02 Å². The van der Waals surface area contributed by atoms with E-state index >= 15 is 0 Å². The smallest absolute Gasteiger partial charge is 0.0795 e. The molecule has 2 nitrogen and oxygen atoms in total. The summed E-state index contributed by atoms with van der Waals surface area (Å²) in [7, 11) is 0. The summed E-state index contributed by atoms with van der Waals surface area (Å²) in [4.78, 5) is 2.60. The van der Waals surface area contributed by atoms with Crippen LogP contribution in [-0.4, -0.2) is 29.6 Å². The molecule has 4 heteroatoms. The number of piperidine rings is 1. The molecule has 1 aliphatic heterocycles. The molecule has 1 saturated heterocycles. The van der Waals surface area contributed by atoms with Crippen molar-refractivity contribution in [1.29, 1.82) is 0 Å². The van der Waals surface area contributed by atoms with Gasteiger partial charge >= 0.3 is 0 Å². The third-order valence-corrected chi connectivity index (χ3v) is 6.59. The minimum atomic E-state index is -0.306. The first-order chi connectivity index (χ1) is 12.7. The van der Waals surface area contributed by atoms with Gasteiger partial charge in [0.1, 0.15) is 0 Å². The molecule has 0 bridgehead atoms. The Bertz CT molecular complexity index is 743. The molecule has 1 fully saturated rings. The molecule has 1 aliphatic carbocycles. The number of aryl methyl sites for hydroxylation is 1. The van der Waals surface area contributed by atoms with Crippen LogP contribution < -0.4 is 0 Å². The SMILES string of the molecule is Cl.OC1CC(CN2CCC(c3ccccc3Cl)CC2)CCc2ccccc21. The van der Waals surface area contributed by atoms with Gasteiger partial charge < -0.3 is 10.0 Å². The monoisotopic (exact) mass is 405 g/mol. The molecule has 2 aromatic rings. The molecule has 27 heavy (non-hydrogen) atoms. The van der Waals surface area contributed by atoms with Crippen molar-refractivity contribution in [3.63, 3.8) is 0 Å². The van der Waals surface area contributed by atoms with Gasteiger partial charge in [0.15, 0.2) is 0 Å². The van der Waals surface area contributed by atoms with E-state index in [0.29, 0.717) is 11.8 Å². The molecule has 2 atom stereocenters. The van der Waals surface area contributed by atoms with Crippen molar-refractivity contribution in [2.45, 2.75) is 44.1 Å². The lowest BCUT2D eigenvalue weighted by Crippen LogP contribution is -2.37. The zero-order valence-electron chi connectivity index (χ0n) is 15.7. The van der Waals surface area contributed by atoms with E-state index in [9.17, 15) is 5.11 Å². The summed E-state index contributed by atoms with van der Waals surface area (Å²) in [6.45, 7) is 3.38. The highest BCUT2D eigenvalue weighted by molar-refractivity contribution is 6.31. The third-order valence-electron chi connectivity index (χ3n) is 6.24. The van der Waals surface area contributed by atoms with E-state index in [1.54, 1.807) is 0 Å². The molecule has 146 valence electrons. The molecule has 2 aliphatic rings. The second kappa shape index (κ2) is 9.43. The lowest BCUT2D eigenvalue weighted by Gasteiger charge is -2.35. The molecule has 2 unspecified atom stereocenters. The number of fused-ring (bicyclic) bond motifs is 1. The molecule has 0 amide bonds. The molecule has 1 heterocycles. The molecule has 1 N–H and O–H groups in total. The quantitative estimate of drug-likeness (QED) is 0.668. The number of rotatable bonds is 3. The van der Waals surface area contributed by atoms with Gasteiger partial charge in [0.25, 0.3) is 0 Å². The number of benzene rings is 2. The van der Waals surface area contributed by atoms with Crippen molar-refractivity contribution >= 4 is 24.0 Å². The number of likely N-dealkylation sites (tertiary alicyclic amines) is 1. The predicted molar refractivity (Wildman–Crippen MR) is 115 cm³/mol. The molecule has 2 aromatic carbocycles. The maximum atomic E-state index is 10.6. The number of aliphatic hydroxyl groups is 1. The van der Waals surface area contributed by atoms with Gasteiger partial charge in [-0.3, -0.25) is 0 Å². The average Bonchev–Trinajstić information content (AvgIpc) is 2.82. The molecule has 4 rings (SSSR count). The van der Waals surface area contributed by atoms with E-state index in [4.69, 9.17) is 11.6 Å². The standard InChI is InChI=1S/C23H28ClNO.ClH/c24-22-8-4-3-6-20(22)19-11-13-25(14-12-19)16-17-9-10-18-5-1-2-7-21(18)23(26)15-17;/h1-8,17,19,23,26H,9-16H2;1H. The van der Waals surface area contributed by atoms with Gasteiger partial charge in [0.05, 0.1) is 6.10 Å². The first-order valence-corrected chi connectivity index (χ1v) is 10.3. The van der Waals surface area contributed by atoms with Gasteiger partial charge in [-0.05, 0) is 79.8 Å². The highest BCUT2D eigenvalue weighted by Crippen LogP contribution is 2.35. The first-order valence-electron chi connectivity index (χ1n) is 9.93. The molecule has 0 radical (unpaired) electrons. The third kappa shape index (κ3) is 4.86. The van der Waals surface area contributed by atoms with Crippen LogP contribution in [0.1, 0.15) is 54.4 Å². The Balaban J connectivity index is 0.00000210. The van der Waals surface area contributed by atoms with Gasteiger partial charge in [0.2, 0.25) is 0 Å². The normalized spacial score (nSPS) is 23.9. The first kappa shape index (κ1) is 20.7. The highest BCUT2D eigenvalue weighted by Gasteiger charge is 2.27. The fourth-order valence-corrected chi connectivity index (χ4v) is 5.06. The van der Waals surface area contributed by atoms with E-state index in [1.807, 2.05) is 18.2 Å². The lowest BCUT2D eigenvalue weighted by atomic mass is 9.88. The number of nitrogens with zero attached hydrogens (tertiary/aromatic N) is 1. The summed E-state index contributed by atoms with van der Waals surface area (Å²) < 4.78 is 0. The second-order valence-corrected chi connectivity index (χ2v) is 8.36. The van der Waals surface area contributed by atoms with Crippen molar-refractivity contribution < 1.29 is 5.11 Å². The maximum absolute atomic E-state index is 10.6. The van der Waals surface area contributed by atoms with E-state index in [2.05, 4.69) is 35.2 Å². The Hall–Kier alpha value is -1.06. The fraction of sp³-hybridized carbons (Fsp3) is 0.478. The molecular weight excluding hydrogens is 377 g/mol. The van der Waals surface area contributed by atoms with E-state index in [0.717, 1.165) is 43.1 Å². The predicted octanol–water partition coefficient (Wildman–Crippen LogP) is 5.63. The number of aliphatic hydroxyl groups excluding tert-OH is 1. The van der Waals surface area contributed by atoms with Crippen LogP contribution in [0.15, 0.2) is 48.5 Å². The summed E-state index contributed by atoms with van der Waals surface area (Å²) in [6, 6.07) is 16.7. The summed E-state index contributed by atoms with van der Waals surface area (Å²) in [5.41, 5.74) is 3.79. The zero-order valence-corrected chi connectivity index (χ0v) is 17.3. The van der Waals surface area contributed by atoms with Crippen LogP contribution >= 0.6 is 24.0 Å². The summed E-state index contributed by atoms with van der Waals surface area (Å²) in [5, 5.41) is 11.5. The zero-order chi connectivity index (χ0) is 17.9. The van der Waals surface area contributed by atoms with Crippen LogP contribution in [-0.2, 0) is 6.42 Å². The van der Waals surface area contributed by atoms with Crippen LogP contribution in [0.5, 0.6) is 0 Å². The fourth-order valence-electron chi connectivity index (χ4n) is 4.77. The van der Waals surface area contributed by atoms with Gasteiger partial charge in [-0.2, -0.15) is 0 Å². The van der Waals surface area contributed by atoms with Crippen LogP contribution in [0, 0.1) is 5.92 Å². The van der Waals surface area contributed by atoms with E-state index in [-0.39, 0.29) is 18.5 Å². The Morgan fingerprint density at radius 1 is 0.926 bits per heavy atom. The van der Waals surface area contributed by atoms with Gasteiger partial charge in [0, 0.05) is 11.6 Å². The number of hydrogen-bond donors (Lipinski definition) is 1. The van der Waals surface area contributed by atoms with Crippen LogP contribution in [0.3, 0.4) is 0 Å². The Labute approximate surface area is 174 Å². The van der Waals surface area contributed by atoms with Gasteiger partial charge in [-0.1, -0.05) is 54.1 Å². The summed E-state index contributed by atoms with van der Waals surface area (Å²) in [6.07, 6.45) is 5.21. The summed E-state index contributed by atoms with van der Waals surface area (Å²) >= 11 is 6.39. The second-order valence-electron chi connectivity index (χ2n) is 7.95. The number of hydrogen-bond acceptors (Lipinski definition) is 2.